The Hall–Kier alpha value is -3.15. The van der Waals surface area contributed by atoms with Crippen molar-refractivity contribution in [3.8, 4) is 17.1 Å². The van der Waals surface area contributed by atoms with Crippen LogP contribution in [-0.4, -0.2) is 35.1 Å². The lowest BCUT2D eigenvalue weighted by atomic mass is 10.1. The molecule has 0 aliphatic heterocycles. The van der Waals surface area contributed by atoms with Gasteiger partial charge in [-0.15, -0.1) is 0 Å². The average molecular weight is 365 g/mol. The van der Waals surface area contributed by atoms with E-state index in [1.54, 1.807) is 19.1 Å². The van der Waals surface area contributed by atoms with Crippen molar-refractivity contribution in [2.75, 3.05) is 14.2 Å². The van der Waals surface area contributed by atoms with E-state index in [0.717, 1.165) is 16.9 Å². The van der Waals surface area contributed by atoms with Crippen LogP contribution in [-0.2, 0) is 17.8 Å². The van der Waals surface area contributed by atoms with Gasteiger partial charge in [0.25, 0.3) is 0 Å². The van der Waals surface area contributed by atoms with Crippen molar-refractivity contribution in [1.82, 2.24) is 15.0 Å². The number of amides is 1. The molecule has 1 aromatic heterocycles. The first-order valence-electron chi connectivity index (χ1n) is 8.91. The molecule has 0 fully saturated rings. The number of methoxy groups -OCH3 is 1. The molecule has 0 saturated heterocycles. The lowest BCUT2D eigenvalue weighted by Crippen LogP contribution is -2.26. The van der Waals surface area contributed by atoms with Gasteiger partial charge in [0.05, 0.1) is 7.11 Å². The van der Waals surface area contributed by atoms with Crippen molar-refractivity contribution >= 4 is 5.91 Å². The Bertz CT molecular complexity index is 877. The summed E-state index contributed by atoms with van der Waals surface area (Å²) in [6, 6.07) is 17.4. The minimum atomic E-state index is 0.0729. The fourth-order valence-corrected chi connectivity index (χ4v) is 2.82. The number of nitrogens with zero attached hydrogens (tertiary/aromatic N) is 3. The summed E-state index contributed by atoms with van der Waals surface area (Å²) < 4.78 is 10.6. The minimum absolute atomic E-state index is 0.0729. The maximum absolute atomic E-state index is 12.4. The van der Waals surface area contributed by atoms with Crippen molar-refractivity contribution < 1.29 is 14.1 Å². The molecule has 0 spiro atoms. The van der Waals surface area contributed by atoms with Crippen LogP contribution in [0, 0.1) is 0 Å². The molecule has 6 heteroatoms. The van der Waals surface area contributed by atoms with E-state index in [4.69, 9.17) is 9.26 Å². The van der Waals surface area contributed by atoms with E-state index in [2.05, 4.69) is 10.1 Å². The molecule has 0 aliphatic carbocycles. The molecule has 0 atom stereocenters. The van der Waals surface area contributed by atoms with Crippen LogP contribution in [0.15, 0.2) is 59.1 Å². The molecule has 3 rings (SSSR count). The van der Waals surface area contributed by atoms with Crippen molar-refractivity contribution in [2.45, 2.75) is 25.8 Å². The number of carbonyl (C=O) groups excluding carboxylic acids is 1. The number of aryl methyl sites for hydroxylation is 1. The van der Waals surface area contributed by atoms with E-state index < -0.39 is 0 Å². The van der Waals surface area contributed by atoms with Gasteiger partial charge in [-0.3, -0.25) is 4.79 Å². The summed E-state index contributed by atoms with van der Waals surface area (Å²) in [5.41, 5.74) is 1.90. The molecular weight excluding hydrogens is 342 g/mol. The van der Waals surface area contributed by atoms with Crippen LogP contribution in [0.5, 0.6) is 5.75 Å². The second-order valence-electron chi connectivity index (χ2n) is 6.29. The maximum Gasteiger partial charge on any atom is 0.226 e. The Kier molecular flexibility index (Phi) is 6.20. The van der Waals surface area contributed by atoms with E-state index in [-0.39, 0.29) is 5.91 Å². The predicted molar refractivity (Wildman–Crippen MR) is 102 cm³/mol. The van der Waals surface area contributed by atoms with E-state index in [9.17, 15) is 4.79 Å². The summed E-state index contributed by atoms with van der Waals surface area (Å²) in [7, 11) is 3.43. The monoisotopic (exact) mass is 365 g/mol. The standard InChI is InChI=1S/C21H23N3O3/c1-24(15-17-11-6-7-12-18(17)26-2)20(25)14-8-13-19-22-21(23-27-19)16-9-4-3-5-10-16/h3-7,9-12H,8,13-15H2,1-2H3. The summed E-state index contributed by atoms with van der Waals surface area (Å²) in [4.78, 5) is 18.5. The Morgan fingerprint density at radius 1 is 1.11 bits per heavy atom. The van der Waals surface area contributed by atoms with Crippen LogP contribution in [0.2, 0.25) is 0 Å². The quantitative estimate of drug-likeness (QED) is 0.608. The molecule has 3 aromatic rings. The maximum atomic E-state index is 12.4. The molecule has 140 valence electrons. The lowest BCUT2D eigenvalue weighted by molar-refractivity contribution is -0.130. The third-order valence-corrected chi connectivity index (χ3v) is 4.31. The second-order valence-corrected chi connectivity index (χ2v) is 6.29. The van der Waals surface area contributed by atoms with Crippen LogP contribution in [0.1, 0.15) is 24.3 Å². The third-order valence-electron chi connectivity index (χ3n) is 4.31. The summed E-state index contributed by atoms with van der Waals surface area (Å²) >= 11 is 0. The predicted octanol–water partition coefficient (Wildman–Crippen LogP) is 3.73. The van der Waals surface area contributed by atoms with Gasteiger partial charge in [0.1, 0.15) is 5.75 Å². The van der Waals surface area contributed by atoms with Crippen LogP contribution in [0.25, 0.3) is 11.4 Å². The van der Waals surface area contributed by atoms with Crippen LogP contribution in [0.4, 0.5) is 0 Å². The van der Waals surface area contributed by atoms with Crippen molar-refractivity contribution in [1.29, 1.82) is 0 Å². The van der Waals surface area contributed by atoms with E-state index in [1.807, 2.05) is 54.6 Å². The van der Waals surface area contributed by atoms with Crippen LogP contribution in [0.3, 0.4) is 0 Å². The molecule has 1 amide bonds. The average Bonchev–Trinajstić information content (AvgIpc) is 3.18. The highest BCUT2D eigenvalue weighted by atomic mass is 16.5. The first kappa shape index (κ1) is 18.6. The summed E-state index contributed by atoms with van der Waals surface area (Å²) in [6.45, 7) is 0.515. The summed E-state index contributed by atoms with van der Waals surface area (Å²) in [6.07, 6.45) is 1.66. The number of rotatable bonds is 8. The first-order valence-corrected chi connectivity index (χ1v) is 8.91. The lowest BCUT2D eigenvalue weighted by Gasteiger charge is -2.18. The Morgan fingerprint density at radius 3 is 2.63 bits per heavy atom. The highest BCUT2D eigenvalue weighted by Crippen LogP contribution is 2.19. The van der Waals surface area contributed by atoms with E-state index in [1.165, 1.54) is 0 Å². The van der Waals surface area contributed by atoms with Crippen molar-refractivity contribution in [2.24, 2.45) is 0 Å². The number of hydrogen-bond acceptors (Lipinski definition) is 5. The number of benzene rings is 2. The summed E-state index contributed by atoms with van der Waals surface area (Å²) in [5.74, 6) is 1.99. The molecule has 0 aliphatic rings. The molecule has 0 radical (unpaired) electrons. The fraction of sp³-hybridized carbons (Fsp3) is 0.286. The molecule has 27 heavy (non-hydrogen) atoms. The number of carbonyl (C=O) groups is 1. The van der Waals surface area contributed by atoms with Gasteiger partial charge in [-0.1, -0.05) is 53.7 Å². The zero-order valence-electron chi connectivity index (χ0n) is 15.6. The fourth-order valence-electron chi connectivity index (χ4n) is 2.82. The zero-order valence-corrected chi connectivity index (χ0v) is 15.6. The normalized spacial score (nSPS) is 10.6. The summed E-state index contributed by atoms with van der Waals surface area (Å²) in [5, 5.41) is 4.00. The molecule has 0 unspecified atom stereocenters. The van der Waals surface area contributed by atoms with Gasteiger partial charge in [0.15, 0.2) is 0 Å². The zero-order chi connectivity index (χ0) is 19.1. The highest BCUT2D eigenvalue weighted by molar-refractivity contribution is 5.75. The highest BCUT2D eigenvalue weighted by Gasteiger charge is 2.13. The molecule has 0 bridgehead atoms. The topological polar surface area (TPSA) is 68.5 Å². The molecular formula is C21H23N3O3. The Morgan fingerprint density at radius 2 is 1.85 bits per heavy atom. The minimum Gasteiger partial charge on any atom is -0.496 e. The van der Waals surface area contributed by atoms with Crippen LogP contribution < -0.4 is 4.74 Å². The number of para-hydroxylation sites is 1. The largest absolute Gasteiger partial charge is 0.496 e. The van der Waals surface area contributed by atoms with Gasteiger partial charge in [-0.25, -0.2) is 0 Å². The van der Waals surface area contributed by atoms with Crippen molar-refractivity contribution in [3.63, 3.8) is 0 Å². The Labute approximate surface area is 158 Å². The van der Waals surface area contributed by atoms with E-state index >= 15 is 0 Å². The van der Waals surface area contributed by atoms with Gasteiger partial charge in [-0.05, 0) is 12.5 Å². The van der Waals surface area contributed by atoms with Gasteiger partial charge in [0.2, 0.25) is 17.6 Å². The van der Waals surface area contributed by atoms with Crippen molar-refractivity contribution in [3.05, 3.63) is 66.1 Å². The number of hydrogen-bond donors (Lipinski definition) is 0. The first-order chi connectivity index (χ1) is 13.2. The third kappa shape index (κ3) is 4.94. The number of aromatic nitrogens is 2. The van der Waals surface area contributed by atoms with Gasteiger partial charge < -0.3 is 14.2 Å². The molecule has 1 heterocycles. The molecule has 6 nitrogen and oxygen atoms in total. The molecule has 2 aromatic carbocycles. The smallest absolute Gasteiger partial charge is 0.226 e. The SMILES string of the molecule is COc1ccccc1CN(C)C(=O)CCCc1nc(-c2ccccc2)no1. The molecule has 0 saturated carbocycles. The van der Waals surface area contributed by atoms with Crippen LogP contribution >= 0.6 is 0 Å². The van der Waals surface area contributed by atoms with Gasteiger partial charge >= 0.3 is 0 Å². The van der Waals surface area contributed by atoms with E-state index in [0.29, 0.717) is 37.5 Å². The molecule has 0 N–H and O–H groups in total. The number of ether oxygens (including phenoxy) is 1. The van der Waals surface area contributed by atoms with Gasteiger partial charge in [0, 0.05) is 37.6 Å². The Balaban J connectivity index is 1.49. The second kappa shape index (κ2) is 8.98. The van der Waals surface area contributed by atoms with Gasteiger partial charge in [-0.2, -0.15) is 4.98 Å².